The van der Waals surface area contributed by atoms with Crippen molar-refractivity contribution in [3.63, 3.8) is 0 Å². The standard InChI is InChI=1S/C36H51ClN4O6SSi/c1-26(23-38-30-18-13-15-27(21-30)24-39-33(42)40-48(44,45)31-19-11-10-12-20-31)41(34(43)46-35(2,3)4)25-32(28-16-14-17-29(37)22-28)47-49(8,9)36(5,6)7/h10-22,26,32,38H,23-25H2,1-9H3,(H2,39,40,42)/t26-,32+/m1/s1. The summed E-state index contributed by atoms with van der Waals surface area (Å²) in [5.41, 5.74) is 1.68. The van der Waals surface area contributed by atoms with Gasteiger partial charge in [-0.25, -0.2) is 22.7 Å². The Labute approximate surface area is 298 Å². The second-order valence-electron chi connectivity index (χ2n) is 14.6. The van der Waals surface area contributed by atoms with Crippen molar-refractivity contribution < 1.29 is 27.2 Å². The summed E-state index contributed by atoms with van der Waals surface area (Å²) in [6, 6.07) is 21.5. The molecule has 0 aliphatic heterocycles. The first-order chi connectivity index (χ1) is 22.7. The molecule has 0 heterocycles. The fraction of sp³-hybridized carbons (Fsp3) is 0.444. The highest BCUT2D eigenvalue weighted by atomic mass is 35.5. The molecule has 0 aliphatic rings. The predicted molar refractivity (Wildman–Crippen MR) is 199 cm³/mol. The highest BCUT2D eigenvalue weighted by Gasteiger charge is 2.41. The third-order valence-electron chi connectivity index (χ3n) is 8.25. The molecule has 0 aliphatic carbocycles. The van der Waals surface area contributed by atoms with E-state index in [1.807, 2.05) is 80.9 Å². The van der Waals surface area contributed by atoms with Crippen LogP contribution in [0.5, 0.6) is 0 Å². The van der Waals surface area contributed by atoms with E-state index in [0.29, 0.717) is 11.6 Å². The third kappa shape index (κ3) is 12.4. The normalized spacial score (nSPS) is 13.6. The van der Waals surface area contributed by atoms with Crippen LogP contribution in [0.15, 0.2) is 83.8 Å². The summed E-state index contributed by atoms with van der Waals surface area (Å²) >= 11 is 6.41. The molecule has 0 radical (unpaired) electrons. The number of benzene rings is 3. The van der Waals surface area contributed by atoms with Crippen LogP contribution in [0, 0.1) is 0 Å². The van der Waals surface area contributed by atoms with Crippen molar-refractivity contribution in [2.45, 2.75) is 95.8 Å². The van der Waals surface area contributed by atoms with Gasteiger partial charge in [-0.15, -0.1) is 0 Å². The van der Waals surface area contributed by atoms with Gasteiger partial charge < -0.3 is 24.7 Å². The summed E-state index contributed by atoms with van der Waals surface area (Å²) in [6.45, 7) is 19.1. The number of hydrogen-bond donors (Lipinski definition) is 3. The van der Waals surface area contributed by atoms with Gasteiger partial charge in [0.05, 0.1) is 17.5 Å². The summed E-state index contributed by atoms with van der Waals surface area (Å²) in [5, 5.41) is 6.52. The average molecular weight is 731 g/mol. The summed E-state index contributed by atoms with van der Waals surface area (Å²) in [4.78, 5) is 27.8. The Morgan fingerprint density at radius 3 is 2.18 bits per heavy atom. The Bertz CT molecular complexity index is 1680. The summed E-state index contributed by atoms with van der Waals surface area (Å²) in [5.74, 6) is 0. The number of rotatable bonds is 13. The zero-order valence-electron chi connectivity index (χ0n) is 30.0. The van der Waals surface area contributed by atoms with Gasteiger partial charge in [-0.05, 0) is 93.4 Å². The average Bonchev–Trinajstić information content (AvgIpc) is 3.00. The van der Waals surface area contributed by atoms with E-state index in [4.69, 9.17) is 20.8 Å². The Kier molecular flexibility index (Phi) is 13.4. The molecule has 268 valence electrons. The Morgan fingerprint density at radius 1 is 0.918 bits per heavy atom. The second-order valence-corrected chi connectivity index (χ2v) is 21.5. The molecular formula is C36H51ClN4O6SSi. The maximum absolute atomic E-state index is 13.7. The van der Waals surface area contributed by atoms with Crippen LogP contribution in [0.3, 0.4) is 0 Å². The summed E-state index contributed by atoms with van der Waals surface area (Å²) < 4.78 is 39.8. The number of halogens is 1. The van der Waals surface area contributed by atoms with Gasteiger partial charge in [-0.2, -0.15) is 0 Å². The lowest BCUT2D eigenvalue weighted by molar-refractivity contribution is 0.00799. The van der Waals surface area contributed by atoms with Gasteiger partial charge in [-0.3, -0.25) is 0 Å². The molecule has 0 bridgehead atoms. The summed E-state index contributed by atoms with van der Waals surface area (Å²) in [6.07, 6.45) is -0.900. The molecule has 10 nitrogen and oxygen atoms in total. The molecule has 3 amide bonds. The van der Waals surface area contributed by atoms with Crippen molar-refractivity contribution >= 4 is 47.8 Å². The molecule has 3 rings (SSSR count). The van der Waals surface area contributed by atoms with Gasteiger partial charge in [0.1, 0.15) is 5.60 Å². The number of amides is 3. The van der Waals surface area contributed by atoms with E-state index in [2.05, 4.69) is 44.5 Å². The highest BCUT2D eigenvalue weighted by Crippen LogP contribution is 2.40. The van der Waals surface area contributed by atoms with Crippen LogP contribution in [-0.4, -0.2) is 58.5 Å². The molecule has 3 aromatic rings. The Balaban J connectivity index is 1.75. The van der Waals surface area contributed by atoms with E-state index >= 15 is 0 Å². The van der Waals surface area contributed by atoms with Gasteiger partial charge in [0.25, 0.3) is 10.0 Å². The highest BCUT2D eigenvalue weighted by molar-refractivity contribution is 7.90. The molecule has 0 saturated carbocycles. The first-order valence-electron chi connectivity index (χ1n) is 16.3. The molecule has 3 N–H and O–H groups in total. The number of nitrogens with zero attached hydrogens (tertiary/aromatic N) is 1. The number of carbonyl (C=O) groups is 2. The minimum absolute atomic E-state index is 0.00340. The second kappa shape index (κ2) is 16.4. The van der Waals surface area contributed by atoms with Crippen LogP contribution in [-0.2, 0) is 25.7 Å². The quantitative estimate of drug-likeness (QED) is 0.151. The van der Waals surface area contributed by atoms with Crippen molar-refractivity contribution in [3.05, 3.63) is 95.0 Å². The SMILES string of the molecule is C[C@H](CNc1cccc(CNC(=O)NS(=O)(=O)c2ccccc2)c1)N(C[C@H](O[Si](C)(C)C(C)(C)C)c1cccc(Cl)c1)C(=O)OC(C)(C)C. The van der Waals surface area contributed by atoms with Gasteiger partial charge in [0.2, 0.25) is 0 Å². The fourth-order valence-corrected chi connectivity index (χ4v) is 6.97. The van der Waals surface area contributed by atoms with Crippen LogP contribution in [0.4, 0.5) is 15.3 Å². The first-order valence-corrected chi connectivity index (χ1v) is 21.1. The minimum atomic E-state index is -3.99. The van der Waals surface area contributed by atoms with E-state index in [1.54, 1.807) is 23.1 Å². The van der Waals surface area contributed by atoms with E-state index in [1.165, 1.54) is 12.1 Å². The number of ether oxygens (including phenoxy) is 1. The fourth-order valence-electron chi connectivity index (χ4n) is 4.55. The van der Waals surface area contributed by atoms with Gasteiger partial charge in [0.15, 0.2) is 8.32 Å². The molecular weight excluding hydrogens is 680 g/mol. The van der Waals surface area contributed by atoms with Crippen LogP contribution in [0.1, 0.15) is 65.7 Å². The van der Waals surface area contributed by atoms with Gasteiger partial charge in [0, 0.05) is 29.8 Å². The number of anilines is 1. The lowest BCUT2D eigenvalue weighted by Crippen LogP contribution is -2.49. The third-order valence-corrected chi connectivity index (χ3v) is 14.3. The zero-order chi connectivity index (χ0) is 36.6. The minimum Gasteiger partial charge on any atom is -0.444 e. The van der Waals surface area contributed by atoms with Crippen molar-refractivity contribution in [2.75, 3.05) is 18.4 Å². The van der Waals surface area contributed by atoms with E-state index in [0.717, 1.165) is 16.8 Å². The number of carbonyl (C=O) groups excluding carboxylic acids is 2. The first kappa shape index (κ1) is 39.9. The number of nitrogens with one attached hydrogen (secondary N) is 3. The molecule has 13 heteroatoms. The maximum atomic E-state index is 13.7. The molecule has 0 aromatic heterocycles. The van der Waals surface area contributed by atoms with Crippen molar-refractivity contribution in [1.82, 2.24) is 14.9 Å². The lowest BCUT2D eigenvalue weighted by Gasteiger charge is -2.41. The van der Waals surface area contributed by atoms with E-state index < -0.39 is 42.2 Å². The summed E-state index contributed by atoms with van der Waals surface area (Å²) in [7, 11) is -6.27. The number of hydrogen-bond acceptors (Lipinski definition) is 7. The van der Waals surface area contributed by atoms with Crippen LogP contribution < -0.4 is 15.4 Å². The van der Waals surface area contributed by atoms with Crippen LogP contribution >= 0.6 is 11.6 Å². The monoisotopic (exact) mass is 730 g/mol. The van der Waals surface area contributed by atoms with Crippen molar-refractivity contribution in [3.8, 4) is 0 Å². The molecule has 2 atom stereocenters. The van der Waals surface area contributed by atoms with Crippen molar-refractivity contribution in [2.24, 2.45) is 0 Å². The number of urea groups is 1. The van der Waals surface area contributed by atoms with Gasteiger partial charge >= 0.3 is 12.1 Å². The Hall–Kier alpha value is -3.58. The van der Waals surface area contributed by atoms with E-state index in [9.17, 15) is 18.0 Å². The molecule has 49 heavy (non-hydrogen) atoms. The Morgan fingerprint density at radius 2 is 1.57 bits per heavy atom. The van der Waals surface area contributed by atoms with Crippen LogP contribution in [0.25, 0.3) is 0 Å². The molecule has 0 saturated heterocycles. The lowest BCUT2D eigenvalue weighted by atomic mass is 10.1. The topological polar surface area (TPSA) is 126 Å². The maximum Gasteiger partial charge on any atom is 0.410 e. The predicted octanol–water partition coefficient (Wildman–Crippen LogP) is 8.33. The van der Waals surface area contributed by atoms with Gasteiger partial charge in [-0.1, -0.05) is 74.8 Å². The van der Waals surface area contributed by atoms with Crippen LogP contribution in [0.2, 0.25) is 23.2 Å². The van der Waals surface area contributed by atoms with Crippen molar-refractivity contribution in [1.29, 1.82) is 0 Å². The smallest absolute Gasteiger partial charge is 0.410 e. The molecule has 0 spiro atoms. The molecule has 0 fully saturated rings. The van der Waals surface area contributed by atoms with E-state index in [-0.39, 0.29) is 29.1 Å². The number of sulfonamides is 1. The molecule has 3 aromatic carbocycles. The molecule has 0 unspecified atom stereocenters. The largest absolute Gasteiger partial charge is 0.444 e. The zero-order valence-corrected chi connectivity index (χ0v) is 32.5.